The van der Waals surface area contributed by atoms with Crippen molar-refractivity contribution in [3.8, 4) is 5.75 Å². The molecule has 21 heavy (non-hydrogen) atoms. The van der Waals surface area contributed by atoms with E-state index in [0.717, 1.165) is 50.4 Å². The second-order valence-electron chi connectivity index (χ2n) is 6.14. The number of aromatic carboxylic acids is 1. The molecular weight excluding hydrogens is 272 g/mol. The summed E-state index contributed by atoms with van der Waals surface area (Å²) in [7, 11) is 1.49. The van der Waals surface area contributed by atoms with Crippen LogP contribution in [0.2, 0.25) is 0 Å². The van der Waals surface area contributed by atoms with E-state index in [1.165, 1.54) is 7.11 Å². The van der Waals surface area contributed by atoms with E-state index < -0.39 is 5.97 Å². The van der Waals surface area contributed by atoms with Crippen molar-refractivity contribution < 1.29 is 19.4 Å². The number of aromatic nitrogens is 1. The van der Waals surface area contributed by atoms with Crippen molar-refractivity contribution in [2.75, 3.05) is 31.8 Å². The second kappa shape index (κ2) is 4.34. The fourth-order valence-corrected chi connectivity index (χ4v) is 3.24. The third-order valence-corrected chi connectivity index (χ3v) is 4.79. The number of ether oxygens (including phenoxy) is 2. The van der Waals surface area contributed by atoms with Gasteiger partial charge in [-0.3, -0.25) is 0 Å². The minimum atomic E-state index is -1.04. The van der Waals surface area contributed by atoms with Crippen LogP contribution in [-0.4, -0.2) is 48.5 Å². The summed E-state index contributed by atoms with van der Waals surface area (Å²) in [6, 6.07) is 1.85. The topological polar surface area (TPSA) is 71.9 Å². The lowest BCUT2D eigenvalue weighted by molar-refractivity contribution is -0.0848. The molecule has 0 bridgehead atoms. The lowest BCUT2D eigenvalue weighted by Crippen LogP contribution is -2.71. The first-order chi connectivity index (χ1) is 10.1. The standard InChI is InChI=1S/C15H18N2O4/c1-20-11-6-10(17-5-4-15(17)7-21-8-15)12(9-2-3-9)16-13(11)14(18)19/h6,9H,2-5,7-8H2,1H3,(H,18,19). The number of anilines is 1. The second-order valence-corrected chi connectivity index (χ2v) is 6.14. The van der Waals surface area contributed by atoms with Crippen molar-refractivity contribution >= 4 is 11.7 Å². The molecule has 2 saturated heterocycles. The molecule has 1 aromatic rings. The zero-order valence-corrected chi connectivity index (χ0v) is 12.0. The summed E-state index contributed by atoms with van der Waals surface area (Å²) < 4.78 is 10.6. The first kappa shape index (κ1) is 12.9. The smallest absolute Gasteiger partial charge is 0.358 e. The first-order valence-corrected chi connectivity index (χ1v) is 7.32. The van der Waals surface area contributed by atoms with Crippen LogP contribution in [0.4, 0.5) is 5.69 Å². The van der Waals surface area contributed by atoms with E-state index in [9.17, 15) is 9.90 Å². The molecule has 6 heteroatoms. The number of pyridine rings is 1. The van der Waals surface area contributed by atoms with Gasteiger partial charge in [0.2, 0.25) is 0 Å². The molecule has 3 aliphatic rings. The maximum atomic E-state index is 11.4. The van der Waals surface area contributed by atoms with Crippen LogP contribution in [0.1, 0.15) is 41.4 Å². The summed E-state index contributed by atoms with van der Waals surface area (Å²) in [6.07, 6.45) is 3.30. The fraction of sp³-hybridized carbons (Fsp3) is 0.600. The van der Waals surface area contributed by atoms with Crippen LogP contribution < -0.4 is 9.64 Å². The van der Waals surface area contributed by atoms with Crippen molar-refractivity contribution in [2.45, 2.75) is 30.7 Å². The van der Waals surface area contributed by atoms with Crippen LogP contribution in [-0.2, 0) is 4.74 Å². The monoisotopic (exact) mass is 290 g/mol. The Morgan fingerprint density at radius 1 is 1.52 bits per heavy atom. The van der Waals surface area contributed by atoms with Gasteiger partial charge in [-0.2, -0.15) is 0 Å². The van der Waals surface area contributed by atoms with Gasteiger partial charge in [-0.15, -0.1) is 0 Å². The molecule has 1 spiro atoms. The molecule has 4 rings (SSSR count). The predicted octanol–water partition coefficient (Wildman–Crippen LogP) is 1.64. The van der Waals surface area contributed by atoms with E-state index in [1.807, 2.05) is 6.07 Å². The predicted molar refractivity (Wildman–Crippen MR) is 75.2 cm³/mol. The molecule has 0 unspecified atom stereocenters. The van der Waals surface area contributed by atoms with Crippen molar-refractivity contribution in [3.63, 3.8) is 0 Å². The van der Waals surface area contributed by atoms with E-state index in [1.54, 1.807) is 0 Å². The van der Waals surface area contributed by atoms with Crippen LogP contribution >= 0.6 is 0 Å². The number of hydrogen-bond acceptors (Lipinski definition) is 5. The molecular formula is C15H18N2O4. The molecule has 1 aromatic heterocycles. The molecule has 112 valence electrons. The third-order valence-electron chi connectivity index (χ3n) is 4.79. The molecule has 0 radical (unpaired) electrons. The average molecular weight is 290 g/mol. The van der Waals surface area contributed by atoms with E-state index >= 15 is 0 Å². The van der Waals surface area contributed by atoms with Crippen molar-refractivity contribution in [1.82, 2.24) is 4.98 Å². The van der Waals surface area contributed by atoms with E-state index in [2.05, 4.69) is 9.88 Å². The molecule has 2 aliphatic heterocycles. The van der Waals surface area contributed by atoms with Crippen LogP contribution in [0.25, 0.3) is 0 Å². The lowest BCUT2D eigenvalue weighted by Gasteiger charge is -2.59. The number of hydrogen-bond donors (Lipinski definition) is 1. The zero-order chi connectivity index (χ0) is 14.6. The summed E-state index contributed by atoms with van der Waals surface area (Å²) >= 11 is 0. The van der Waals surface area contributed by atoms with Gasteiger partial charge in [0.25, 0.3) is 0 Å². The first-order valence-electron chi connectivity index (χ1n) is 7.32. The van der Waals surface area contributed by atoms with E-state index in [0.29, 0.717) is 11.7 Å². The summed E-state index contributed by atoms with van der Waals surface area (Å²) in [6.45, 7) is 2.47. The molecule has 1 N–H and O–H groups in total. The highest BCUT2D eigenvalue weighted by molar-refractivity contribution is 5.89. The highest BCUT2D eigenvalue weighted by Crippen LogP contribution is 2.49. The van der Waals surface area contributed by atoms with E-state index in [4.69, 9.17) is 9.47 Å². The van der Waals surface area contributed by atoms with Crippen molar-refractivity contribution in [3.05, 3.63) is 17.5 Å². The number of methoxy groups -OCH3 is 1. The van der Waals surface area contributed by atoms with Crippen molar-refractivity contribution in [1.29, 1.82) is 0 Å². The molecule has 1 saturated carbocycles. The van der Waals surface area contributed by atoms with Gasteiger partial charge in [0, 0.05) is 18.5 Å². The van der Waals surface area contributed by atoms with Crippen LogP contribution in [0.3, 0.4) is 0 Å². The number of carboxylic acids is 1. The van der Waals surface area contributed by atoms with Gasteiger partial charge in [-0.25, -0.2) is 9.78 Å². The number of rotatable bonds is 4. The lowest BCUT2D eigenvalue weighted by atomic mass is 9.82. The molecule has 3 fully saturated rings. The minimum Gasteiger partial charge on any atom is -0.494 e. The Morgan fingerprint density at radius 2 is 2.29 bits per heavy atom. The van der Waals surface area contributed by atoms with Crippen LogP contribution in [0.15, 0.2) is 6.07 Å². The maximum absolute atomic E-state index is 11.4. The molecule has 0 aromatic carbocycles. The maximum Gasteiger partial charge on any atom is 0.358 e. The highest BCUT2D eigenvalue weighted by atomic mass is 16.5. The third kappa shape index (κ3) is 1.82. The summed E-state index contributed by atoms with van der Waals surface area (Å²) in [4.78, 5) is 18.1. The van der Waals surface area contributed by atoms with Gasteiger partial charge in [0.1, 0.15) is 0 Å². The zero-order valence-electron chi connectivity index (χ0n) is 12.0. The Hall–Kier alpha value is -1.82. The van der Waals surface area contributed by atoms with Crippen molar-refractivity contribution in [2.24, 2.45) is 0 Å². The largest absolute Gasteiger partial charge is 0.494 e. The average Bonchev–Trinajstić information content (AvgIpc) is 3.19. The number of carboxylic acid groups (broad SMARTS) is 1. The van der Waals surface area contributed by atoms with Gasteiger partial charge in [-0.05, 0) is 19.3 Å². The molecule has 1 aliphatic carbocycles. The normalized spacial score (nSPS) is 22.6. The SMILES string of the molecule is COc1cc(N2CCC23COC3)c(C2CC2)nc1C(=O)O. The summed E-state index contributed by atoms with van der Waals surface area (Å²) in [5, 5.41) is 9.31. The van der Waals surface area contributed by atoms with Crippen LogP contribution in [0.5, 0.6) is 5.75 Å². The fourth-order valence-electron chi connectivity index (χ4n) is 3.24. The van der Waals surface area contributed by atoms with Gasteiger partial charge < -0.3 is 19.5 Å². The molecule has 0 amide bonds. The van der Waals surface area contributed by atoms with Gasteiger partial charge in [0.15, 0.2) is 11.4 Å². The Bertz CT molecular complexity index is 602. The number of nitrogens with zero attached hydrogens (tertiary/aromatic N) is 2. The van der Waals surface area contributed by atoms with E-state index in [-0.39, 0.29) is 11.2 Å². The Labute approximate surface area is 122 Å². The molecule has 0 atom stereocenters. The van der Waals surface area contributed by atoms with Gasteiger partial charge in [0.05, 0.1) is 37.2 Å². The van der Waals surface area contributed by atoms with Gasteiger partial charge in [-0.1, -0.05) is 0 Å². The highest BCUT2D eigenvalue weighted by Gasteiger charge is 2.52. The molecule has 6 nitrogen and oxygen atoms in total. The Kier molecular flexibility index (Phi) is 2.66. The summed E-state index contributed by atoms with van der Waals surface area (Å²) in [5.74, 6) is -0.308. The number of carbonyl (C=O) groups is 1. The Balaban J connectivity index is 1.79. The summed E-state index contributed by atoms with van der Waals surface area (Å²) in [5.41, 5.74) is 2.08. The van der Waals surface area contributed by atoms with Gasteiger partial charge >= 0.3 is 5.97 Å². The van der Waals surface area contributed by atoms with Crippen LogP contribution in [0, 0.1) is 0 Å². The quantitative estimate of drug-likeness (QED) is 0.909. The molecule has 3 heterocycles. The minimum absolute atomic E-state index is 0.0163. The Morgan fingerprint density at radius 3 is 2.71 bits per heavy atom.